The van der Waals surface area contributed by atoms with Gasteiger partial charge in [0.05, 0.1) is 36.7 Å². The van der Waals surface area contributed by atoms with E-state index in [9.17, 15) is 23.2 Å². The fraction of sp³-hybridized carbons (Fsp3) is 0.100. The van der Waals surface area contributed by atoms with Crippen LogP contribution in [-0.4, -0.2) is 32.4 Å². The van der Waals surface area contributed by atoms with Crippen LogP contribution in [0.5, 0.6) is 0 Å². The van der Waals surface area contributed by atoms with Crippen LogP contribution in [0.25, 0.3) is 0 Å². The van der Waals surface area contributed by atoms with Gasteiger partial charge in [-0.25, -0.2) is 18.4 Å². The molecule has 0 atom stereocenters. The van der Waals surface area contributed by atoms with E-state index >= 15 is 0 Å². The molecule has 9 heteroatoms. The number of ether oxygens (including phenoxy) is 2. The summed E-state index contributed by atoms with van der Waals surface area (Å²) in [5, 5.41) is 3.00. The molecule has 0 unspecified atom stereocenters. The molecule has 0 bridgehead atoms. The number of anilines is 2. The largest absolute Gasteiger partial charge is 0.465 e. The molecule has 0 heterocycles. The van der Waals surface area contributed by atoms with Crippen molar-refractivity contribution in [3.05, 3.63) is 131 Å². The second kappa shape index (κ2) is 15.9. The van der Waals surface area contributed by atoms with Crippen LogP contribution in [-0.2, 0) is 16.0 Å². The Morgan fingerprint density at radius 3 is 1.67 bits per heavy atom. The van der Waals surface area contributed by atoms with Crippen molar-refractivity contribution >= 4 is 29.6 Å². The quantitative estimate of drug-likeness (QED) is 0.180. The molecule has 3 N–H and O–H groups in total. The first-order chi connectivity index (χ1) is 18.8. The van der Waals surface area contributed by atoms with E-state index in [2.05, 4.69) is 14.8 Å². The van der Waals surface area contributed by atoms with E-state index in [0.717, 1.165) is 11.8 Å². The number of methoxy groups -OCH3 is 2. The first-order valence-electron chi connectivity index (χ1n) is 11.6. The third-order valence-corrected chi connectivity index (χ3v) is 5.10. The molecule has 0 fully saturated rings. The molecule has 4 rings (SSSR count). The van der Waals surface area contributed by atoms with Crippen molar-refractivity contribution in [1.82, 2.24) is 0 Å². The average molecular weight is 535 g/mol. The molecular formula is C30H28F2N2O5. The Hall–Kier alpha value is -5.05. The zero-order valence-corrected chi connectivity index (χ0v) is 21.4. The summed E-state index contributed by atoms with van der Waals surface area (Å²) in [7, 11) is 2.66. The first-order valence-corrected chi connectivity index (χ1v) is 11.6. The van der Waals surface area contributed by atoms with Gasteiger partial charge in [0.25, 0.3) is 0 Å². The van der Waals surface area contributed by atoms with E-state index in [1.165, 1.54) is 32.4 Å². The smallest absolute Gasteiger partial charge is 0.337 e. The van der Waals surface area contributed by atoms with Crippen LogP contribution in [0.15, 0.2) is 97.1 Å². The molecule has 0 aromatic heterocycles. The number of rotatable bonds is 6. The lowest BCUT2D eigenvalue weighted by Crippen LogP contribution is -2.03. The van der Waals surface area contributed by atoms with E-state index in [4.69, 9.17) is 5.73 Å². The second-order valence-electron chi connectivity index (χ2n) is 7.77. The fourth-order valence-corrected chi connectivity index (χ4v) is 2.97. The van der Waals surface area contributed by atoms with Gasteiger partial charge in [-0.15, -0.1) is 0 Å². The Morgan fingerprint density at radius 2 is 1.23 bits per heavy atom. The minimum atomic E-state index is -0.396. The van der Waals surface area contributed by atoms with Gasteiger partial charge in [-0.2, -0.15) is 0 Å². The summed E-state index contributed by atoms with van der Waals surface area (Å²) < 4.78 is 34.7. The molecule has 0 aliphatic carbocycles. The molecule has 7 nitrogen and oxygen atoms in total. The third kappa shape index (κ3) is 10.1. The maximum absolute atomic E-state index is 13.4. The van der Waals surface area contributed by atoms with Crippen molar-refractivity contribution in [1.29, 1.82) is 0 Å². The predicted octanol–water partition coefficient (Wildman–Crippen LogP) is 5.92. The lowest BCUT2D eigenvalue weighted by molar-refractivity contribution is 0.0592. The number of para-hydroxylation sites is 2. The Balaban J connectivity index is 0.000000227. The van der Waals surface area contributed by atoms with E-state index in [1.54, 1.807) is 78.9 Å². The number of nitrogens with two attached hydrogens (primary N) is 1. The van der Waals surface area contributed by atoms with Crippen LogP contribution in [0, 0.1) is 11.6 Å². The van der Waals surface area contributed by atoms with Crippen LogP contribution in [0.3, 0.4) is 0 Å². The second-order valence-corrected chi connectivity index (χ2v) is 7.77. The monoisotopic (exact) mass is 534 g/mol. The van der Waals surface area contributed by atoms with Gasteiger partial charge in [0.15, 0.2) is 0 Å². The Labute approximate surface area is 225 Å². The summed E-state index contributed by atoms with van der Waals surface area (Å²) in [5.74, 6) is -1.40. The molecule has 4 aromatic carbocycles. The maximum Gasteiger partial charge on any atom is 0.337 e. The molecular weight excluding hydrogens is 506 g/mol. The van der Waals surface area contributed by atoms with Crippen LogP contribution < -0.4 is 11.1 Å². The van der Waals surface area contributed by atoms with Gasteiger partial charge >= 0.3 is 11.9 Å². The Kier molecular flexibility index (Phi) is 12.3. The summed E-state index contributed by atoms with van der Waals surface area (Å²) in [5.41, 5.74) is 8.25. The van der Waals surface area contributed by atoms with Crippen molar-refractivity contribution < 1.29 is 32.6 Å². The van der Waals surface area contributed by atoms with Gasteiger partial charge in [0.2, 0.25) is 0 Å². The summed E-state index contributed by atoms with van der Waals surface area (Å²) in [6.45, 7) is 0.488. The van der Waals surface area contributed by atoms with Crippen LogP contribution in [0.2, 0.25) is 0 Å². The average Bonchev–Trinajstić information content (AvgIpc) is 2.98. The summed E-state index contributed by atoms with van der Waals surface area (Å²) >= 11 is 0. The van der Waals surface area contributed by atoms with Gasteiger partial charge in [0.1, 0.15) is 17.9 Å². The number of carbonyl (C=O) groups is 3. The van der Waals surface area contributed by atoms with Gasteiger partial charge < -0.3 is 20.5 Å². The number of halogens is 2. The molecule has 202 valence electrons. The number of hydrogen-bond donors (Lipinski definition) is 2. The molecule has 0 saturated heterocycles. The van der Waals surface area contributed by atoms with Crippen molar-refractivity contribution in [2.75, 3.05) is 25.3 Å². The number of nitrogens with one attached hydrogen (secondary N) is 1. The van der Waals surface area contributed by atoms with E-state index in [1.807, 2.05) is 0 Å². The van der Waals surface area contributed by atoms with Crippen molar-refractivity contribution in [3.8, 4) is 0 Å². The predicted molar refractivity (Wildman–Crippen MR) is 145 cm³/mol. The van der Waals surface area contributed by atoms with E-state index in [0.29, 0.717) is 28.9 Å². The molecule has 0 spiro atoms. The Morgan fingerprint density at radius 1 is 0.744 bits per heavy atom. The highest BCUT2D eigenvalue weighted by Gasteiger charge is 2.05. The zero-order valence-electron chi connectivity index (χ0n) is 21.4. The molecule has 0 amide bonds. The number of hydrogen-bond acceptors (Lipinski definition) is 7. The molecule has 4 aromatic rings. The summed E-state index contributed by atoms with van der Waals surface area (Å²) in [6.07, 6.45) is 0.723. The lowest BCUT2D eigenvalue weighted by atomic mass is 10.1. The van der Waals surface area contributed by atoms with E-state index in [-0.39, 0.29) is 23.3 Å². The highest BCUT2D eigenvalue weighted by atomic mass is 19.1. The SMILES string of the molecule is COC(=O)c1ccc(C=O)cc1.COC(=O)c1ccc(CNc2ccccc2F)cc1.Nc1ccccc1F. The highest BCUT2D eigenvalue weighted by Crippen LogP contribution is 2.14. The molecule has 39 heavy (non-hydrogen) atoms. The number of nitrogen functional groups attached to an aromatic ring is 1. The molecule has 0 radical (unpaired) electrons. The normalized spacial score (nSPS) is 9.54. The minimum Gasteiger partial charge on any atom is -0.465 e. The van der Waals surface area contributed by atoms with Gasteiger partial charge in [0, 0.05) is 12.1 Å². The first kappa shape index (κ1) is 30.2. The zero-order chi connectivity index (χ0) is 28.6. The van der Waals surface area contributed by atoms with Crippen LogP contribution in [0.4, 0.5) is 20.2 Å². The summed E-state index contributed by atoms with van der Waals surface area (Å²) in [6, 6.07) is 25.9. The van der Waals surface area contributed by atoms with Gasteiger partial charge in [-0.05, 0) is 54.1 Å². The topological polar surface area (TPSA) is 108 Å². The number of carbonyl (C=O) groups excluding carboxylic acids is 3. The summed E-state index contributed by atoms with van der Waals surface area (Å²) in [4.78, 5) is 32.4. The van der Waals surface area contributed by atoms with Crippen molar-refractivity contribution in [2.45, 2.75) is 6.54 Å². The van der Waals surface area contributed by atoms with Crippen LogP contribution in [0.1, 0.15) is 36.6 Å². The lowest BCUT2D eigenvalue weighted by Gasteiger charge is -2.08. The third-order valence-electron chi connectivity index (χ3n) is 5.10. The van der Waals surface area contributed by atoms with Gasteiger partial charge in [-0.3, -0.25) is 4.79 Å². The van der Waals surface area contributed by atoms with Crippen molar-refractivity contribution in [2.24, 2.45) is 0 Å². The van der Waals surface area contributed by atoms with E-state index < -0.39 is 5.97 Å². The van der Waals surface area contributed by atoms with Gasteiger partial charge in [-0.1, -0.05) is 48.5 Å². The fourth-order valence-electron chi connectivity index (χ4n) is 2.97. The maximum atomic E-state index is 13.4. The van der Waals surface area contributed by atoms with Crippen molar-refractivity contribution in [3.63, 3.8) is 0 Å². The Bertz CT molecular complexity index is 1340. The highest BCUT2D eigenvalue weighted by molar-refractivity contribution is 5.90. The number of benzene rings is 4. The number of esters is 2. The molecule has 0 aliphatic rings. The molecule has 0 aliphatic heterocycles. The standard InChI is InChI=1S/C15H14FNO2.C9H8O3.C6H6FN/c1-19-15(18)12-8-6-11(7-9-12)10-17-14-5-3-2-4-13(14)16;1-12-9(11)8-4-2-7(6-10)3-5-8;7-5-3-1-2-4-6(5)8/h2-9,17H,10H2,1H3;2-6H,1H3;1-4H,8H2. The van der Waals surface area contributed by atoms with Crippen LogP contribution >= 0.6 is 0 Å². The molecule has 0 saturated carbocycles. The number of aldehydes is 1. The minimum absolute atomic E-state index is 0.201.